The highest BCUT2D eigenvalue weighted by atomic mass is 32.2. The van der Waals surface area contributed by atoms with E-state index in [1.54, 1.807) is 19.2 Å². The van der Waals surface area contributed by atoms with Crippen LogP contribution in [0, 0.1) is 0 Å². The first-order chi connectivity index (χ1) is 9.63. The Morgan fingerprint density at radius 1 is 1.24 bits per heavy atom. The van der Waals surface area contributed by atoms with Crippen molar-refractivity contribution in [2.45, 2.75) is 31.2 Å². The lowest BCUT2D eigenvalue weighted by Crippen LogP contribution is -2.21. The highest BCUT2D eigenvalue weighted by Crippen LogP contribution is 2.31. The van der Waals surface area contributed by atoms with Gasteiger partial charge < -0.3 is 10.3 Å². The van der Waals surface area contributed by atoms with Gasteiger partial charge in [-0.15, -0.1) is 0 Å². The van der Waals surface area contributed by atoms with Crippen molar-refractivity contribution in [2.24, 2.45) is 7.05 Å². The summed E-state index contributed by atoms with van der Waals surface area (Å²) in [5, 5.41) is -0.0359. The monoisotopic (exact) mass is 308 g/mol. The number of hydrogen-bond acceptors (Lipinski definition) is 4. The second-order valence-corrected chi connectivity index (χ2v) is 7.54. The normalized spacial score (nSPS) is 12.4. The molecule has 0 saturated carbocycles. The molecule has 0 radical (unpaired) electrons. The first-order valence-electron chi connectivity index (χ1n) is 6.52. The first-order valence-corrected chi connectivity index (χ1v) is 8.00. The summed E-state index contributed by atoms with van der Waals surface area (Å²) in [7, 11) is -2.20. The second kappa shape index (κ2) is 5.07. The number of aryl methyl sites for hydroxylation is 1. The highest BCUT2D eigenvalue weighted by molar-refractivity contribution is 7.92. The van der Waals surface area contributed by atoms with E-state index in [0.29, 0.717) is 5.69 Å². The van der Waals surface area contributed by atoms with Gasteiger partial charge in [-0.3, -0.25) is 4.72 Å². The van der Waals surface area contributed by atoms with Crippen LogP contribution < -0.4 is 10.5 Å². The number of para-hydroxylation sites is 1. The van der Waals surface area contributed by atoms with Gasteiger partial charge >= 0.3 is 0 Å². The molecule has 21 heavy (non-hydrogen) atoms. The number of benzene rings is 1. The number of nitrogens with two attached hydrogens (primary N) is 1. The van der Waals surface area contributed by atoms with Crippen LogP contribution in [0.25, 0.3) is 0 Å². The van der Waals surface area contributed by atoms with E-state index in [0.717, 1.165) is 5.56 Å². The number of nitrogens with zero attached hydrogens (tertiary/aromatic N) is 2. The molecule has 0 aliphatic rings. The largest absolute Gasteiger partial charge is 0.381 e. The summed E-state index contributed by atoms with van der Waals surface area (Å²) in [6, 6.07) is 7.33. The van der Waals surface area contributed by atoms with Crippen LogP contribution in [0.3, 0.4) is 0 Å². The Bertz CT molecular complexity index is 738. The van der Waals surface area contributed by atoms with Crippen molar-refractivity contribution in [2.75, 3.05) is 10.5 Å². The summed E-state index contributed by atoms with van der Waals surface area (Å²) in [5.41, 5.74) is 6.93. The molecule has 0 saturated heterocycles. The standard InChI is InChI=1S/C14H20N4O2S/c1-14(2,3)10-7-5-6-8-11(10)17-21(19,20)13-12(15)16-9-18(13)4/h5-9,17H,15H2,1-4H3. The summed E-state index contributed by atoms with van der Waals surface area (Å²) in [4.78, 5) is 3.82. The Morgan fingerprint density at radius 2 is 1.86 bits per heavy atom. The summed E-state index contributed by atoms with van der Waals surface area (Å²) in [6.45, 7) is 6.08. The number of aromatic nitrogens is 2. The van der Waals surface area contributed by atoms with Crippen molar-refractivity contribution in [3.63, 3.8) is 0 Å². The van der Waals surface area contributed by atoms with E-state index in [1.807, 2.05) is 32.9 Å². The van der Waals surface area contributed by atoms with Gasteiger partial charge in [0.15, 0.2) is 10.8 Å². The second-order valence-electron chi connectivity index (χ2n) is 5.95. The number of rotatable bonds is 3. The molecule has 114 valence electrons. The Balaban J connectivity index is 2.48. The van der Waals surface area contributed by atoms with E-state index in [-0.39, 0.29) is 16.3 Å². The zero-order valence-electron chi connectivity index (χ0n) is 12.6. The average Bonchev–Trinajstić information content (AvgIpc) is 2.68. The molecule has 0 fully saturated rings. The van der Waals surface area contributed by atoms with Crippen molar-refractivity contribution in [3.05, 3.63) is 36.2 Å². The maximum absolute atomic E-state index is 12.5. The van der Waals surface area contributed by atoms with Gasteiger partial charge in [0.2, 0.25) is 0 Å². The Hall–Kier alpha value is -2.02. The van der Waals surface area contributed by atoms with Crippen LogP contribution in [0.15, 0.2) is 35.6 Å². The van der Waals surface area contributed by atoms with Crippen molar-refractivity contribution >= 4 is 21.5 Å². The molecule has 0 unspecified atom stereocenters. The Labute approximate surface area is 125 Å². The smallest absolute Gasteiger partial charge is 0.281 e. The molecule has 2 aromatic rings. The SMILES string of the molecule is Cn1cnc(N)c1S(=O)(=O)Nc1ccccc1C(C)(C)C. The third-order valence-electron chi connectivity index (χ3n) is 3.14. The summed E-state index contributed by atoms with van der Waals surface area (Å²) in [6.07, 6.45) is 1.37. The molecule has 0 atom stereocenters. The molecule has 3 N–H and O–H groups in total. The fourth-order valence-corrected chi connectivity index (χ4v) is 3.50. The van der Waals surface area contributed by atoms with E-state index in [4.69, 9.17) is 5.73 Å². The lowest BCUT2D eigenvalue weighted by molar-refractivity contribution is 0.587. The molecule has 0 aliphatic carbocycles. The average molecular weight is 308 g/mol. The molecule has 0 aliphatic heterocycles. The molecular weight excluding hydrogens is 288 g/mol. The lowest BCUT2D eigenvalue weighted by atomic mass is 9.86. The molecular formula is C14H20N4O2S. The fraction of sp³-hybridized carbons (Fsp3) is 0.357. The summed E-state index contributed by atoms with van der Waals surface area (Å²) < 4.78 is 29.1. The highest BCUT2D eigenvalue weighted by Gasteiger charge is 2.25. The number of sulfonamides is 1. The summed E-state index contributed by atoms with van der Waals surface area (Å²) >= 11 is 0. The lowest BCUT2D eigenvalue weighted by Gasteiger charge is -2.23. The molecule has 0 spiro atoms. The van der Waals surface area contributed by atoms with Crippen molar-refractivity contribution < 1.29 is 8.42 Å². The van der Waals surface area contributed by atoms with Crippen LogP contribution in [0.4, 0.5) is 11.5 Å². The quantitative estimate of drug-likeness (QED) is 0.908. The van der Waals surface area contributed by atoms with Crippen LogP contribution >= 0.6 is 0 Å². The maximum atomic E-state index is 12.5. The van der Waals surface area contributed by atoms with Crippen LogP contribution in [0.5, 0.6) is 0 Å². The van der Waals surface area contributed by atoms with Gasteiger partial charge in [0.1, 0.15) is 0 Å². The van der Waals surface area contributed by atoms with E-state index < -0.39 is 10.0 Å². The van der Waals surface area contributed by atoms with Crippen molar-refractivity contribution in [1.82, 2.24) is 9.55 Å². The van der Waals surface area contributed by atoms with E-state index in [1.165, 1.54) is 10.9 Å². The first kappa shape index (κ1) is 15.4. The van der Waals surface area contributed by atoms with E-state index in [9.17, 15) is 8.42 Å². The zero-order chi connectivity index (χ0) is 15.8. The van der Waals surface area contributed by atoms with Gasteiger partial charge in [0.25, 0.3) is 10.0 Å². The van der Waals surface area contributed by atoms with Crippen LogP contribution in [0.2, 0.25) is 0 Å². The number of hydrogen-bond donors (Lipinski definition) is 2. The van der Waals surface area contributed by atoms with Gasteiger partial charge in [0.05, 0.1) is 12.0 Å². The molecule has 7 heteroatoms. The summed E-state index contributed by atoms with van der Waals surface area (Å²) in [5.74, 6) is -0.0155. The molecule has 1 aromatic heterocycles. The third-order valence-corrected chi connectivity index (χ3v) is 4.64. The van der Waals surface area contributed by atoms with Crippen LogP contribution in [-0.2, 0) is 22.5 Å². The number of imidazole rings is 1. The number of anilines is 2. The Kier molecular flexibility index (Phi) is 3.71. The van der Waals surface area contributed by atoms with Gasteiger partial charge in [-0.25, -0.2) is 4.98 Å². The third kappa shape index (κ3) is 3.02. The molecule has 2 rings (SSSR count). The maximum Gasteiger partial charge on any atom is 0.281 e. The topological polar surface area (TPSA) is 90.0 Å². The number of nitrogen functional groups attached to an aromatic ring is 1. The minimum Gasteiger partial charge on any atom is -0.381 e. The van der Waals surface area contributed by atoms with Crippen LogP contribution in [0.1, 0.15) is 26.3 Å². The van der Waals surface area contributed by atoms with Gasteiger partial charge in [0, 0.05) is 7.05 Å². The molecule has 6 nitrogen and oxygen atoms in total. The van der Waals surface area contributed by atoms with E-state index >= 15 is 0 Å². The van der Waals surface area contributed by atoms with Crippen molar-refractivity contribution in [3.8, 4) is 0 Å². The van der Waals surface area contributed by atoms with Gasteiger partial charge in [-0.05, 0) is 17.0 Å². The fourth-order valence-electron chi connectivity index (χ4n) is 2.18. The van der Waals surface area contributed by atoms with E-state index in [2.05, 4.69) is 9.71 Å². The number of nitrogens with one attached hydrogen (secondary N) is 1. The van der Waals surface area contributed by atoms with Crippen molar-refractivity contribution in [1.29, 1.82) is 0 Å². The van der Waals surface area contributed by atoms with Gasteiger partial charge in [-0.2, -0.15) is 8.42 Å². The minimum absolute atomic E-state index is 0.0155. The zero-order valence-corrected chi connectivity index (χ0v) is 13.4. The molecule has 0 amide bonds. The molecule has 1 heterocycles. The van der Waals surface area contributed by atoms with Crippen LogP contribution in [-0.4, -0.2) is 18.0 Å². The molecule has 0 bridgehead atoms. The predicted octanol–water partition coefficient (Wildman–Crippen LogP) is 2.10. The minimum atomic E-state index is -3.79. The molecule has 1 aromatic carbocycles. The predicted molar refractivity (Wildman–Crippen MR) is 83.6 cm³/mol. The van der Waals surface area contributed by atoms with Gasteiger partial charge in [-0.1, -0.05) is 39.0 Å². The Morgan fingerprint density at radius 3 is 2.38 bits per heavy atom.